The minimum Gasteiger partial charge on any atom is -0.497 e. The monoisotopic (exact) mass is 394 g/mol. The highest BCUT2D eigenvalue weighted by Gasteiger charge is 2.07. The summed E-state index contributed by atoms with van der Waals surface area (Å²) in [6.07, 6.45) is 2.19. The molecule has 3 aromatic carbocycles. The van der Waals surface area contributed by atoms with E-state index in [1.807, 2.05) is 36.4 Å². The maximum absolute atomic E-state index is 5.28. The van der Waals surface area contributed by atoms with Crippen molar-refractivity contribution in [3.63, 3.8) is 0 Å². The average Bonchev–Trinajstić information content (AvgIpc) is 2.68. The van der Waals surface area contributed by atoms with E-state index < -0.39 is 0 Å². The van der Waals surface area contributed by atoms with Gasteiger partial charge in [-0.05, 0) is 64.7 Å². The Balaban J connectivity index is 2.07. The van der Waals surface area contributed by atoms with Gasteiger partial charge in [-0.2, -0.15) is 0 Å². The fraction of sp³-hybridized carbons (Fsp3) is 0.0909. The third kappa shape index (κ3) is 4.31. The highest BCUT2D eigenvalue weighted by atomic mass is 79.9. The van der Waals surface area contributed by atoms with Gasteiger partial charge in [0.2, 0.25) is 0 Å². The smallest absolute Gasteiger partial charge is 0.118 e. The van der Waals surface area contributed by atoms with E-state index in [1.165, 1.54) is 0 Å². The van der Waals surface area contributed by atoms with Crippen LogP contribution < -0.4 is 9.47 Å². The first kappa shape index (κ1) is 17.3. The number of ether oxygens (including phenoxy) is 2. The Kier molecular flexibility index (Phi) is 5.56. The van der Waals surface area contributed by atoms with Gasteiger partial charge in [0.15, 0.2) is 0 Å². The van der Waals surface area contributed by atoms with Gasteiger partial charge in [-0.15, -0.1) is 0 Å². The first-order chi connectivity index (χ1) is 12.2. The van der Waals surface area contributed by atoms with Crippen molar-refractivity contribution in [2.45, 2.75) is 0 Å². The molecule has 0 atom stereocenters. The SMILES string of the molecule is COc1ccc(C(=Cc2ccc(Br)cc2)c2ccc(OC)cc2)cc1. The van der Waals surface area contributed by atoms with Crippen molar-refractivity contribution >= 4 is 27.6 Å². The van der Waals surface area contributed by atoms with E-state index in [2.05, 4.69) is 58.4 Å². The molecule has 3 rings (SSSR count). The van der Waals surface area contributed by atoms with Crippen LogP contribution in [0.15, 0.2) is 77.3 Å². The van der Waals surface area contributed by atoms with Gasteiger partial charge in [0.1, 0.15) is 11.5 Å². The number of hydrogen-bond donors (Lipinski definition) is 0. The third-order valence-electron chi connectivity index (χ3n) is 3.98. The van der Waals surface area contributed by atoms with Crippen LogP contribution in [-0.2, 0) is 0 Å². The Bertz CT molecular complexity index is 799. The van der Waals surface area contributed by atoms with Crippen molar-refractivity contribution in [2.75, 3.05) is 14.2 Å². The summed E-state index contributed by atoms with van der Waals surface area (Å²) in [6, 6.07) is 24.5. The molecule has 2 nitrogen and oxygen atoms in total. The maximum atomic E-state index is 5.28. The van der Waals surface area contributed by atoms with Crippen LogP contribution in [0, 0.1) is 0 Å². The Morgan fingerprint density at radius 2 is 1.12 bits per heavy atom. The maximum Gasteiger partial charge on any atom is 0.118 e. The lowest BCUT2D eigenvalue weighted by Crippen LogP contribution is -1.90. The lowest BCUT2D eigenvalue weighted by molar-refractivity contribution is 0.414. The van der Waals surface area contributed by atoms with Gasteiger partial charge in [0.05, 0.1) is 14.2 Å². The molecule has 25 heavy (non-hydrogen) atoms. The lowest BCUT2D eigenvalue weighted by atomic mass is 9.95. The molecule has 0 radical (unpaired) electrons. The van der Waals surface area contributed by atoms with Gasteiger partial charge < -0.3 is 9.47 Å². The quantitative estimate of drug-likeness (QED) is 0.490. The highest BCUT2D eigenvalue weighted by molar-refractivity contribution is 9.10. The molecule has 0 saturated carbocycles. The first-order valence-corrected chi connectivity index (χ1v) is 8.75. The summed E-state index contributed by atoms with van der Waals surface area (Å²) in [5.74, 6) is 1.70. The molecule has 3 aromatic rings. The third-order valence-corrected chi connectivity index (χ3v) is 4.51. The molecule has 0 aromatic heterocycles. The summed E-state index contributed by atoms with van der Waals surface area (Å²) in [4.78, 5) is 0. The molecule has 0 heterocycles. The van der Waals surface area contributed by atoms with Gasteiger partial charge in [-0.25, -0.2) is 0 Å². The molecule has 0 unspecified atom stereocenters. The van der Waals surface area contributed by atoms with Crippen molar-refractivity contribution < 1.29 is 9.47 Å². The fourth-order valence-corrected chi connectivity index (χ4v) is 2.86. The Morgan fingerprint density at radius 3 is 1.52 bits per heavy atom. The van der Waals surface area contributed by atoms with Gasteiger partial charge >= 0.3 is 0 Å². The molecule has 0 aliphatic carbocycles. The lowest BCUT2D eigenvalue weighted by Gasteiger charge is -2.11. The zero-order valence-corrected chi connectivity index (χ0v) is 15.8. The predicted octanol–water partition coefficient (Wildman–Crippen LogP) is 6.06. The van der Waals surface area contributed by atoms with E-state index in [0.29, 0.717) is 0 Å². The normalized spacial score (nSPS) is 10.2. The van der Waals surface area contributed by atoms with Crippen LogP contribution in [0.25, 0.3) is 11.6 Å². The first-order valence-electron chi connectivity index (χ1n) is 7.96. The van der Waals surface area contributed by atoms with E-state index in [0.717, 1.165) is 38.2 Å². The second-order valence-corrected chi connectivity index (χ2v) is 6.48. The van der Waals surface area contributed by atoms with Gasteiger partial charge in [-0.1, -0.05) is 52.3 Å². The van der Waals surface area contributed by atoms with Gasteiger partial charge in [0, 0.05) is 4.47 Å². The molecule has 0 fully saturated rings. The summed E-state index contributed by atoms with van der Waals surface area (Å²) in [7, 11) is 3.36. The predicted molar refractivity (Wildman–Crippen MR) is 107 cm³/mol. The van der Waals surface area contributed by atoms with E-state index in [-0.39, 0.29) is 0 Å². The second-order valence-electron chi connectivity index (χ2n) is 5.57. The Morgan fingerprint density at radius 1 is 0.680 bits per heavy atom. The summed E-state index contributed by atoms with van der Waals surface area (Å²) in [6.45, 7) is 0. The summed E-state index contributed by atoms with van der Waals surface area (Å²) >= 11 is 3.48. The van der Waals surface area contributed by atoms with E-state index >= 15 is 0 Å². The largest absolute Gasteiger partial charge is 0.497 e. The second kappa shape index (κ2) is 8.04. The van der Waals surface area contributed by atoms with Crippen LogP contribution in [0.1, 0.15) is 16.7 Å². The molecule has 0 aliphatic heterocycles. The van der Waals surface area contributed by atoms with Crippen LogP contribution in [0.3, 0.4) is 0 Å². The molecular weight excluding hydrogens is 376 g/mol. The van der Waals surface area contributed by atoms with Crippen LogP contribution in [-0.4, -0.2) is 14.2 Å². The zero-order chi connectivity index (χ0) is 17.6. The fourth-order valence-electron chi connectivity index (χ4n) is 2.60. The van der Waals surface area contributed by atoms with Crippen LogP contribution >= 0.6 is 15.9 Å². The van der Waals surface area contributed by atoms with Gasteiger partial charge in [-0.3, -0.25) is 0 Å². The van der Waals surface area contributed by atoms with Crippen molar-refractivity contribution in [1.29, 1.82) is 0 Å². The molecule has 0 bridgehead atoms. The van der Waals surface area contributed by atoms with E-state index in [9.17, 15) is 0 Å². The van der Waals surface area contributed by atoms with Crippen molar-refractivity contribution in [3.8, 4) is 11.5 Å². The van der Waals surface area contributed by atoms with E-state index in [1.54, 1.807) is 14.2 Å². The van der Waals surface area contributed by atoms with Crippen LogP contribution in [0.4, 0.5) is 0 Å². The molecule has 0 spiro atoms. The summed E-state index contributed by atoms with van der Waals surface area (Å²) < 4.78 is 11.6. The Labute approximate surface area is 156 Å². The van der Waals surface area contributed by atoms with Crippen LogP contribution in [0.5, 0.6) is 11.5 Å². The number of rotatable bonds is 5. The number of methoxy groups -OCH3 is 2. The minimum atomic E-state index is 0.849. The van der Waals surface area contributed by atoms with Gasteiger partial charge in [0.25, 0.3) is 0 Å². The van der Waals surface area contributed by atoms with E-state index in [4.69, 9.17) is 9.47 Å². The highest BCUT2D eigenvalue weighted by Crippen LogP contribution is 2.29. The number of benzene rings is 3. The molecule has 0 saturated heterocycles. The number of halogens is 1. The average molecular weight is 395 g/mol. The Hall–Kier alpha value is -2.52. The molecular formula is C22H19BrO2. The minimum absolute atomic E-state index is 0.849. The molecule has 3 heteroatoms. The van der Waals surface area contributed by atoms with Crippen molar-refractivity contribution in [3.05, 3.63) is 94.0 Å². The zero-order valence-electron chi connectivity index (χ0n) is 14.2. The van der Waals surface area contributed by atoms with Crippen molar-refractivity contribution in [1.82, 2.24) is 0 Å². The number of hydrogen-bond acceptors (Lipinski definition) is 2. The summed E-state index contributed by atoms with van der Waals surface area (Å²) in [5, 5.41) is 0. The van der Waals surface area contributed by atoms with Crippen LogP contribution in [0.2, 0.25) is 0 Å². The molecule has 0 aliphatic rings. The standard InChI is InChI=1S/C22H19BrO2/c1-24-20-11-5-17(6-12-20)22(15-16-3-9-19(23)10-4-16)18-7-13-21(25-2)14-8-18/h3-15H,1-2H3. The van der Waals surface area contributed by atoms with Crippen molar-refractivity contribution in [2.24, 2.45) is 0 Å². The summed E-state index contributed by atoms with van der Waals surface area (Å²) in [5.41, 5.74) is 4.56. The molecule has 126 valence electrons. The topological polar surface area (TPSA) is 18.5 Å². The molecule has 0 N–H and O–H groups in total. The molecule has 0 amide bonds.